The van der Waals surface area contributed by atoms with E-state index < -0.39 is 21.9 Å². The highest BCUT2D eigenvalue weighted by molar-refractivity contribution is 7.85. The lowest BCUT2D eigenvalue weighted by molar-refractivity contribution is -0.115. The zero-order chi connectivity index (χ0) is 16.1. The van der Waals surface area contributed by atoms with Crippen LogP contribution in [0.15, 0.2) is 48.5 Å². The third-order valence-electron chi connectivity index (χ3n) is 3.12. The molecule has 0 aliphatic rings. The summed E-state index contributed by atoms with van der Waals surface area (Å²) in [4.78, 5) is 12.1. The maximum absolute atomic E-state index is 13.0. The van der Waals surface area contributed by atoms with Gasteiger partial charge in [0.2, 0.25) is 5.91 Å². The van der Waals surface area contributed by atoms with Gasteiger partial charge in [0.25, 0.3) is 0 Å². The Labute approximate surface area is 136 Å². The van der Waals surface area contributed by atoms with Gasteiger partial charge in [-0.15, -0.1) is 0 Å². The normalized spacial score (nSPS) is 13.4. The van der Waals surface area contributed by atoms with Crippen molar-refractivity contribution in [1.82, 2.24) is 0 Å². The highest BCUT2D eigenvalue weighted by Crippen LogP contribution is 2.20. The molecule has 0 spiro atoms. The number of halogens is 2. The van der Waals surface area contributed by atoms with E-state index in [9.17, 15) is 13.4 Å². The number of amides is 1. The second-order valence-corrected chi connectivity index (χ2v) is 6.92. The summed E-state index contributed by atoms with van der Waals surface area (Å²) in [5, 5.41) is 2.21. The van der Waals surface area contributed by atoms with Gasteiger partial charge >= 0.3 is 0 Å². The summed E-state index contributed by atoms with van der Waals surface area (Å²) >= 11 is 5.91. The summed E-state index contributed by atoms with van der Waals surface area (Å²) in [7, 11) is -1.46. The van der Waals surface area contributed by atoms with Crippen molar-refractivity contribution in [1.29, 1.82) is 0 Å². The van der Waals surface area contributed by atoms with Crippen LogP contribution in [0, 0.1) is 5.82 Å². The van der Waals surface area contributed by atoms with Gasteiger partial charge in [0.05, 0.1) is 5.75 Å². The molecule has 2 atom stereocenters. The van der Waals surface area contributed by atoms with Crippen LogP contribution < -0.4 is 5.32 Å². The van der Waals surface area contributed by atoms with Crippen molar-refractivity contribution in [2.75, 3.05) is 5.32 Å². The van der Waals surface area contributed by atoms with Crippen LogP contribution in [-0.4, -0.2) is 15.4 Å². The van der Waals surface area contributed by atoms with Gasteiger partial charge in [0.1, 0.15) is 11.1 Å². The van der Waals surface area contributed by atoms with Crippen molar-refractivity contribution >= 4 is 34.0 Å². The fourth-order valence-corrected chi connectivity index (χ4v) is 3.22. The molecule has 0 fully saturated rings. The van der Waals surface area contributed by atoms with Crippen LogP contribution in [0.3, 0.4) is 0 Å². The number of para-hydroxylation sites is 1. The second kappa shape index (κ2) is 7.51. The van der Waals surface area contributed by atoms with Crippen molar-refractivity contribution < 1.29 is 13.4 Å². The second-order valence-electron chi connectivity index (χ2n) is 4.76. The minimum atomic E-state index is -1.46. The number of rotatable bonds is 5. The summed E-state index contributed by atoms with van der Waals surface area (Å²) in [6, 6.07) is 12.9. The number of anilines is 1. The van der Waals surface area contributed by atoms with E-state index in [1.807, 2.05) is 6.07 Å². The fraction of sp³-hybridized carbons (Fsp3) is 0.188. The number of carbonyl (C=O) groups excluding carboxylic acids is 1. The summed E-state index contributed by atoms with van der Waals surface area (Å²) in [6.07, 6.45) is 0. The summed E-state index contributed by atoms with van der Waals surface area (Å²) < 4.78 is 25.3. The smallest absolute Gasteiger partial charge is 0.239 e. The van der Waals surface area contributed by atoms with E-state index >= 15 is 0 Å². The maximum Gasteiger partial charge on any atom is 0.239 e. The first-order valence-electron chi connectivity index (χ1n) is 6.64. The van der Waals surface area contributed by atoms with Crippen LogP contribution in [0.5, 0.6) is 0 Å². The first-order valence-corrected chi connectivity index (χ1v) is 8.40. The molecule has 3 nitrogen and oxygen atoms in total. The Hall–Kier alpha value is -1.72. The molecule has 6 heteroatoms. The van der Waals surface area contributed by atoms with Crippen molar-refractivity contribution in [3.8, 4) is 0 Å². The van der Waals surface area contributed by atoms with E-state index in [-0.39, 0.29) is 16.7 Å². The van der Waals surface area contributed by atoms with Gasteiger partial charge in [-0.2, -0.15) is 0 Å². The molecule has 2 aromatic carbocycles. The standard InChI is InChI=1S/C16H15ClFNO2S/c1-11(16(20)19-14-5-3-2-4-6-14)22(21)10-12-7-8-13(18)9-15(12)17/h2-9,11H,10H2,1H3,(H,19,20)/t11-,22-/m0/s1. The third kappa shape index (κ3) is 4.39. The van der Waals surface area contributed by atoms with E-state index in [2.05, 4.69) is 5.32 Å². The Morgan fingerprint density at radius 1 is 1.27 bits per heavy atom. The molecular weight excluding hydrogens is 325 g/mol. The molecule has 22 heavy (non-hydrogen) atoms. The molecule has 0 saturated heterocycles. The van der Waals surface area contributed by atoms with Crippen LogP contribution in [0.25, 0.3) is 0 Å². The topological polar surface area (TPSA) is 46.2 Å². The zero-order valence-corrected chi connectivity index (χ0v) is 13.5. The van der Waals surface area contributed by atoms with Gasteiger partial charge in [-0.1, -0.05) is 35.9 Å². The lowest BCUT2D eigenvalue weighted by Crippen LogP contribution is -2.29. The number of nitrogens with one attached hydrogen (secondary N) is 1. The minimum absolute atomic E-state index is 0.0997. The van der Waals surface area contributed by atoms with Crippen molar-refractivity contribution in [2.24, 2.45) is 0 Å². The molecule has 0 aliphatic carbocycles. The Bertz CT molecular complexity index is 694. The number of hydrogen-bond acceptors (Lipinski definition) is 2. The van der Waals surface area contributed by atoms with Crippen LogP contribution in [-0.2, 0) is 21.3 Å². The van der Waals surface area contributed by atoms with E-state index in [0.29, 0.717) is 11.3 Å². The average molecular weight is 340 g/mol. The summed E-state index contributed by atoms with van der Waals surface area (Å²) in [5.74, 6) is -0.681. The lowest BCUT2D eigenvalue weighted by Gasteiger charge is -2.13. The first kappa shape index (κ1) is 16.6. The molecule has 1 N–H and O–H groups in total. The molecular formula is C16H15ClFNO2S. The SMILES string of the molecule is C[C@@H](C(=O)Nc1ccccc1)[S@@](=O)Cc1ccc(F)cc1Cl. The zero-order valence-electron chi connectivity index (χ0n) is 11.9. The molecule has 0 saturated carbocycles. The summed E-state index contributed by atoms with van der Waals surface area (Å²) in [6.45, 7) is 1.59. The monoisotopic (exact) mass is 339 g/mol. The Kier molecular flexibility index (Phi) is 5.69. The molecule has 0 unspecified atom stereocenters. The van der Waals surface area contributed by atoms with E-state index in [1.165, 1.54) is 18.2 Å². The average Bonchev–Trinajstić information content (AvgIpc) is 2.50. The van der Waals surface area contributed by atoms with E-state index in [0.717, 1.165) is 0 Å². The maximum atomic E-state index is 13.0. The van der Waals surface area contributed by atoms with Crippen LogP contribution in [0.2, 0.25) is 5.02 Å². The number of hydrogen-bond donors (Lipinski definition) is 1. The van der Waals surface area contributed by atoms with Crippen LogP contribution in [0.1, 0.15) is 12.5 Å². The van der Waals surface area contributed by atoms with Crippen LogP contribution >= 0.6 is 11.6 Å². The van der Waals surface area contributed by atoms with Crippen molar-refractivity contribution in [2.45, 2.75) is 17.9 Å². The molecule has 1 amide bonds. The van der Waals surface area contributed by atoms with Gasteiger partial charge in [-0.3, -0.25) is 9.00 Å². The Morgan fingerprint density at radius 3 is 2.59 bits per heavy atom. The number of carbonyl (C=O) groups is 1. The van der Waals surface area contributed by atoms with Crippen LogP contribution in [0.4, 0.5) is 10.1 Å². The molecule has 2 aromatic rings. The molecule has 0 bridgehead atoms. The third-order valence-corrected chi connectivity index (χ3v) is 5.07. The molecule has 0 heterocycles. The predicted octanol–water partition coefficient (Wildman–Crippen LogP) is 3.76. The molecule has 2 rings (SSSR count). The Morgan fingerprint density at radius 2 is 1.95 bits per heavy atom. The van der Waals surface area contributed by atoms with E-state index in [4.69, 9.17) is 11.6 Å². The first-order chi connectivity index (χ1) is 10.5. The number of benzene rings is 2. The van der Waals surface area contributed by atoms with Gasteiger partial charge in [0.15, 0.2) is 0 Å². The Balaban J connectivity index is 2.01. The summed E-state index contributed by atoms with van der Waals surface area (Å²) in [5.41, 5.74) is 1.21. The largest absolute Gasteiger partial charge is 0.325 e. The highest BCUT2D eigenvalue weighted by atomic mass is 35.5. The van der Waals surface area contributed by atoms with Crippen molar-refractivity contribution in [3.05, 3.63) is 64.9 Å². The molecule has 0 aliphatic heterocycles. The fourth-order valence-electron chi connectivity index (χ4n) is 1.80. The predicted molar refractivity (Wildman–Crippen MR) is 87.8 cm³/mol. The lowest BCUT2D eigenvalue weighted by atomic mass is 10.2. The van der Waals surface area contributed by atoms with Gasteiger partial charge in [-0.05, 0) is 36.8 Å². The minimum Gasteiger partial charge on any atom is -0.325 e. The van der Waals surface area contributed by atoms with E-state index in [1.54, 1.807) is 31.2 Å². The quantitative estimate of drug-likeness (QED) is 0.901. The van der Waals surface area contributed by atoms with Gasteiger partial charge in [0, 0.05) is 21.5 Å². The molecule has 116 valence electrons. The van der Waals surface area contributed by atoms with Crippen molar-refractivity contribution in [3.63, 3.8) is 0 Å². The molecule has 0 aromatic heterocycles. The highest BCUT2D eigenvalue weighted by Gasteiger charge is 2.21. The van der Waals surface area contributed by atoms with Gasteiger partial charge in [-0.25, -0.2) is 4.39 Å². The molecule has 0 radical (unpaired) electrons. The van der Waals surface area contributed by atoms with Gasteiger partial charge < -0.3 is 5.32 Å².